The Balaban J connectivity index is 2.03. The fraction of sp³-hybridized carbons (Fsp3) is 0.600. The Morgan fingerprint density at radius 2 is 2.50 bits per heavy atom. The van der Waals surface area contributed by atoms with Gasteiger partial charge in [-0.15, -0.1) is 0 Å². The van der Waals surface area contributed by atoms with E-state index in [1.807, 2.05) is 13.1 Å². The third-order valence-electron chi connectivity index (χ3n) is 2.68. The van der Waals surface area contributed by atoms with Crippen LogP contribution in [0, 0.1) is 0 Å². The number of likely N-dealkylation sites (N-methyl/N-ethyl adjacent to an activating group) is 1. The van der Waals surface area contributed by atoms with E-state index in [1.165, 1.54) is 0 Å². The monoisotopic (exact) mass is 259 g/mol. The Hall–Kier alpha value is -0.320. The van der Waals surface area contributed by atoms with E-state index in [0.29, 0.717) is 6.42 Å². The van der Waals surface area contributed by atoms with Gasteiger partial charge in [-0.3, -0.25) is 0 Å². The maximum Gasteiger partial charge on any atom is 0.169 e. The maximum absolute atomic E-state index is 10.2. The molecule has 1 N–H and O–H groups in total. The lowest BCUT2D eigenvalue weighted by Gasteiger charge is -2.21. The van der Waals surface area contributed by atoms with Crippen LogP contribution in [-0.2, 0) is 6.42 Å². The predicted octanol–water partition coefficient (Wildman–Crippen LogP) is 1.65. The molecule has 1 saturated heterocycles. The lowest BCUT2D eigenvalue weighted by atomic mass is 9.95. The van der Waals surface area contributed by atoms with E-state index in [0.717, 1.165) is 29.7 Å². The molecular formula is C10H14BrNO2. The minimum absolute atomic E-state index is 0.571. The van der Waals surface area contributed by atoms with Gasteiger partial charge < -0.3 is 14.4 Å². The minimum atomic E-state index is -0.571. The van der Waals surface area contributed by atoms with Gasteiger partial charge in [0.2, 0.25) is 0 Å². The number of hydrogen-bond donors (Lipinski definition) is 1. The van der Waals surface area contributed by atoms with Gasteiger partial charge in [-0.1, -0.05) is 0 Å². The number of halogens is 1. The molecule has 1 aliphatic heterocycles. The van der Waals surface area contributed by atoms with Crippen molar-refractivity contribution < 1.29 is 9.52 Å². The van der Waals surface area contributed by atoms with E-state index in [-0.39, 0.29) is 0 Å². The molecule has 0 aromatic carbocycles. The van der Waals surface area contributed by atoms with Crippen LogP contribution in [0.25, 0.3) is 0 Å². The molecule has 2 rings (SSSR count). The summed E-state index contributed by atoms with van der Waals surface area (Å²) in [5, 5.41) is 10.2. The van der Waals surface area contributed by atoms with E-state index < -0.39 is 5.60 Å². The first kappa shape index (κ1) is 10.2. The lowest BCUT2D eigenvalue weighted by molar-refractivity contribution is 0.0522. The molecule has 0 amide bonds. The number of rotatable bonds is 2. The zero-order chi connectivity index (χ0) is 10.2. The second kappa shape index (κ2) is 3.68. The van der Waals surface area contributed by atoms with Crippen molar-refractivity contribution in [3.8, 4) is 0 Å². The molecule has 0 saturated carbocycles. The van der Waals surface area contributed by atoms with E-state index >= 15 is 0 Å². The van der Waals surface area contributed by atoms with Gasteiger partial charge in [0, 0.05) is 19.5 Å². The molecule has 78 valence electrons. The third-order valence-corrected chi connectivity index (χ3v) is 3.09. The fourth-order valence-corrected chi connectivity index (χ4v) is 2.41. The summed E-state index contributed by atoms with van der Waals surface area (Å²) in [7, 11) is 2.03. The van der Waals surface area contributed by atoms with Gasteiger partial charge in [0.15, 0.2) is 4.67 Å². The smallest absolute Gasteiger partial charge is 0.169 e. The second-order valence-corrected chi connectivity index (χ2v) is 4.93. The molecule has 1 fully saturated rings. The van der Waals surface area contributed by atoms with Gasteiger partial charge in [-0.05, 0) is 41.0 Å². The molecule has 1 unspecified atom stereocenters. The van der Waals surface area contributed by atoms with E-state index in [4.69, 9.17) is 4.42 Å². The van der Waals surface area contributed by atoms with Crippen LogP contribution in [-0.4, -0.2) is 35.7 Å². The molecule has 1 aliphatic rings. The molecule has 14 heavy (non-hydrogen) atoms. The molecule has 2 heterocycles. The minimum Gasteiger partial charge on any atom is -0.457 e. The Labute approximate surface area is 91.8 Å². The molecule has 1 atom stereocenters. The van der Waals surface area contributed by atoms with Gasteiger partial charge in [-0.2, -0.15) is 0 Å². The quantitative estimate of drug-likeness (QED) is 0.878. The highest BCUT2D eigenvalue weighted by Crippen LogP contribution is 2.26. The number of nitrogens with zero attached hydrogens (tertiary/aromatic N) is 1. The van der Waals surface area contributed by atoms with Gasteiger partial charge in [-0.25, -0.2) is 0 Å². The van der Waals surface area contributed by atoms with Crippen molar-refractivity contribution in [1.29, 1.82) is 0 Å². The normalized spacial score (nSPS) is 28.5. The number of aliphatic hydroxyl groups is 1. The number of furan rings is 1. The van der Waals surface area contributed by atoms with Crippen molar-refractivity contribution in [3.63, 3.8) is 0 Å². The zero-order valence-corrected chi connectivity index (χ0v) is 9.75. The molecule has 0 radical (unpaired) electrons. The summed E-state index contributed by atoms with van der Waals surface area (Å²) in [5.74, 6) is 0. The molecule has 1 aromatic heterocycles. The van der Waals surface area contributed by atoms with E-state index in [1.54, 1.807) is 6.26 Å². The first-order valence-corrected chi connectivity index (χ1v) is 5.51. The standard InChI is InChI=1S/C10H14BrNO2/c1-12-3-2-10(13,7-12)5-8-4-9(11)14-6-8/h4,6,13H,2-3,5,7H2,1H3. The highest BCUT2D eigenvalue weighted by atomic mass is 79.9. The van der Waals surface area contributed by atoms with Crippen LogP contribution in [0.15, 0.2) is 21.4 Å². The first-order chi connectivity index (χ1) is 6.57. The summed E-state index contributed by atoms with van der Waals surface area (Å²) in [6.45, 7) is 1.71. The first-order valence-electron chi connectivity index (χ1n) is 4.71. The van der Waals surface area contributed by atoms with Crippen molar-refractivity contribution >= 4 is 15.9 Å². The Morgan fingerprint density at radius 3 is 3.00 bits per heavy atom. The van der Waals surface area contributed by atoms with Crippen LogP contribution in [0.1, 0.15) is 12.0 Å². The SMILES string of the molecule is CN1CCC(O)(Cc2coc(Br)c2)C1. The summed E-state index contributed by atoms with van der Waals surface area (Å²) >= 11 is 3.25. The van der Waals surface area contributed by atoms with Gasteiger partial charge in [0.25, 0.3) is 0 Å². The van der Waals surface area contributed by atoms with Crippen LogP contribution >= 0.6 is 15.9 Å². The van der Waals surface area contributed by atoms with Crippen LogP contribution in [0.3, 0.4) is 0 Å². The summed E-state index contributed by atoms with van der Waals surface area (Å²) < 4.78 is 5.86. The van der Waals surface area contributed by atoms with Crippen molar-refractivity contribution in [2.75, 3.05) is 20.1 Å². The predicted molar refractivity (Wildman–Crippen MR) is 57.2 cm³/mol. The van der Waals surface area contributed by atoms with Gasteiger partial charge >= 0.3 is 0 Å². The van der Waals surface area contributed by atoms with Gasteiger partial charge in [0.05, 0.1) is 11.9 Å². The van der Waals surface area contributed by atoms with E-state index in [9.17, 15) is 5.11 Å². The van der Waals surface area contributed by atoms with Crippen LogP contribution in [0.5, 0.6) is 0 Å². The van der Waals surface area contributed by atoms with Crippen molar-refractivity contribution in [2.45, 2.75) is 18.4 Å². The van der Waals surface area contributed by atoms with Gasteiger partial charge in [0.1, 0.15) is 0 Å². The van der Waals surface area contributed by atoms with Crippen molar-refractivity contribution in [1.82, 2.24) is 4.90 Å². The molecule has 0 bridgehead atoms. The Bertz CT molecular complexity index is 326. The summed E-state index contributed by atoms with van der Waals surface area (Å²) in [6.07, 6.45) is 3.21. The average Bonchev–Trinajstić information content (AvgIpc) is 2.60. The largest absolute Gasteiger partial charge is 0.457 e. The second-order valence-electron chi connectivity index (χ2n) is 4.15. The van der Waals surface area contributed by atoms with Crippen LogP contribution in [0.4, 0.5) is 0 Å². The molecule has 0 spiro atoms. The molecule has 0 aliphatic carbocycles. The highest BCUT2D eigenvalue weighted by Gasteiger charge is 2.34. The highest BCUT2D eigenvalue weighted by molar-refractivity contribution is 9.10. The summed E-state index contributed by atoms with van der Waals surface area (Å²) in [4.78, 5) is 2.15. The van der Waals surface area contributed by atoms with Crippen molar-refractivity contribution in [3.05, 3.63) is 22.6 Å². The Morgan fingerprint density at radius 1 is 1.71 bits per heavy atom. The Kier molecular flexibility index (Phi) is 2.68. The molecule has 3 nitrogen and oxygen atoms in total. The van der Waals surface area contributed by atoms with E-state index in [2.05, 4.69) is 20.8 Å². The number of β-amino-alcohol motifs (C(OH)–C–C–N with tert-alkyl or cyclic N) is 1. The van der Waals surface area contributed by atoms with Crippen LogP contribution in [0.2, 0.25) is 0 Å². The van der Waals surface area contributed by atoms with Crippen LogP contribution < -0.4 is 0 Å². The number of hydrogen-bond acceptors (Lipinski definition) is 3. The topological polar surface area (TPSA) is 36.6 Å². The fourth-order valence-electron chi connectivity index (χ4n) is 2.02. The third kappa shape index (κ3) is 2.19. The number of likely N-dealkylation sites (tertiary alicyclic amines) is 1. The summed E-state index contributed by atoms with van der Waals surface area (Å²) in [6, 6.07) is 1.91. The lowest BCUT2D eigenvalue weighted by Crippen LogP contribution is -2.34. The molecule has 1 aromatic rings. The average molecular weight is 260 g/mol. The van der Waals surface area contributed by atoms with Crippen molar-refractivity contribution in [2.24, 2.45) is 0 Å². The molecule has 4 heteroatoms. The summed E-state index contributed by atoms with van der Waals surface area (Å²) in [5.41, 5.74) is 0.479. The molecular weight excluding hydrogens is 246 g/mol. The zero-order valence-electron chi connectivity index (χ0n) is 8.16. The maximum atomic E-state index is 10.2.